The van der Waals surface area contributed by atoms with Gasteiger partial charge in [0.2, 0.25) is 0 Å². The average Bonchev–Trinajstić information content (AvgIpc) is 2.57. The van der Waals surface area contributed by atoms with Gasteiger partial charge in [0.05, 0.1) is 6.61 Å². The Bertz CT molecular complexity index is 397. The van der Waals surface area contributed by atoms with Gasteiger partial charge in [0.15, 0.2) is 0 Å². The van der Waals surface area contributed by atoms with Crippen LogP contribution in [-0.4, -0.2) is 29.2 Å². The Balaban J connectivity index is 2.10. The number of likely N-dealkylation sites (tertiary alicyclic amines) is 1. The van der Waals surface area contributed by atoms with E-state index in [0.29, 0.717) is 17.8 Å². The van der Waals surface area contributed by atoms with E-state index in [9.17, 15) is 9.50 Å². The van der Waals surface area contributed by atoms with Gasteiger partial charge in [-0.15, -0.1) is 0 Å². The van der Waals surface area contributed by atoms with E-state index < -0.39 is 0 Å². The van der Waals surface area contributed by atoms with E-state index in [1.54, 1.807) is 12.1 Å². The molecule has 1 atom stereocenters. The molecular formula is C14H21FN2O. The van der Waals surface area contributed by atoms with Gasteiger partial charge in [0, 0.05) is 23.8 Å². The zero-order valence-electron chi connectivity index (χ0n) is 10.6. The number of hydrogen-bond acceptors (Lipinski definition) is 3. The van der Waals surface area contributed by atoms with E-state index >= 15 is 0 Å². The number of nitrogen functional groups attached to an aromatic ring is 1. The third-order valence-corrected chi connectivity index (χ3v) is 3.66. The van der Waals surface area contributed by atoms with Crippen LogP contribution in [0.1, 0.15) is 31.2 Å². The normalized spacial score (nSPS) is 21.8. The molecule has 4 heteroatoms. The lowest BCUT2D eigenvalue weighted by atomic mass is 10.1. The second-order valence-electron chi connectivity index (χ2n) is 5.01. The Morgan fingerprint density at radius 1 is 1.33 bits per heavy atom. The van der Waals surface area contributed by atoms with Gasteiger partial charge in [0.25, 0.3) is 0 Å². The minimum absolute atomic E-state index is 0.149. The fourth-order valence-electron chi connectivity index (χ4n) is 2.56. The highest BCUT2D eigenvalue weighted by molar-refractivity contribution is 5.40. The molecule has 0 amide bonds. The molecule has 100 valence electrons. The van der Waals surface area contributed by atoms with Crippen molar-refractivity contribution in [3.05, 3.63) is 29.6 Å². The summed E-state index contributed by atoms with van der Waals surface area (Å²) in [6.45, 7) is 1.63. The topological polar surface area (TPSA) is 49.5 Å². The molecular weight excluding hydrogens is 231 g/mol. The van der Waals surface area contributed by atoms with Crippen LogP contribution >= 0.6 is 0 Å². The van der Waals surface area contributed by atoms with E-state index in [4.69, 9.17) is 5.73 Å². The summed E-state index contributed by atoms with van der Waals surface area (Å²) >= 11 is 0. The van der Waals surface area contributed by atoms with Crippen molar-refractivity contribution in [1.29, 1.82) is 0 Å². The lowest BCUT2D eigenvalue weighted by Crippen LogP contribution is -2.37. The van der Waals surface area contributed by atoms with Crippen molar-refractivity contribution in [2.45, 2.75) is 38.3 Å². The summed E-state index contributed by atoms with van der Waals surface area (Å²) in [4.78, 5) is 2.18. The van der Waals surface area contributed by atoms with Gasteiger partial charge in [-0.1, -0.05) is 18.9 Å². The number of nitrogens with zero attached hydrogens (tertiary/aromatic N) is 1. The van der Waals surface area contributed by atoms with Crippen LogP contribution in [0.2, 0.25) is 0 Å². The van der Waals surface area contributed by atoms with Crippen molar-refractivity contribution in [3.63, 3.8) is 0 Å². The Hall–Kier alpha value is -1.13. The summed E-state index contributed by atoms with van der Waals surface area (Å²) < 4.78 is 13.8. The fourth-order valence-corrected chi connectivity index (χ4v) is 2.56. The van der Waals surface area contributed by atoms with Crippen LogP contribution in [0.3, 0.4) is 0 Å². The van der Waals surface area contributed by atoms with Crippen LogP contribution in [0.5, 0.6) is 0 Å². The van der Waals surface area contributed by atoms with Crippen molar-refractivity contribution in [2.75, 3.05) is 18.9 Å². The molecule has 1 saturated heterocycles. The summed E-state index contributed by atoms with van der Waals surface area (Å²) in [6, 6.07) is 4.99. The average molecular weight is 252 g/mol. The summed E-state index contributed by atoms with van der Waals surface area (Å²) in [5.41, 5.74) is 6.65. The first kappa shape index (κ1) is 13.3. The lowest BCUT2D eigenvalue weighted by molar-refractivity contribution is 0.117. The molecule has 1 aromatic rings. The molecule has 0 aromatic heterocycles. The quantitative estimate of drug-likeness (QED) is 0.810. The smallest absolute Gasteiger partial charge is 0.129 e. The van der Waals surface area contributed by atoms with Crippen molar-refractivity contribution >= 4 is 5.69 Å². The number of aliphatic hydroxyl groups excluding tert-OH is 1. The summed E-state index contributed by atoms with van der Waals surface area (Å²) in [5.74, 6) is -0.254. The van der Waals surface area contributed by atoms with Crippen LogP contribution < -0.4 is 5.73 Å². The van der Waals surface area contributed by atoms with Crippen molar-refractivity contribution in [2.24, 2.45) is 0 Å². The van der Waals surface area contributed by atoms with Gasteiger partial charge >= 0.3 is 0 Å². The predicted molar refractivity (Wildman–Crippen MR) is 70.6 cm³/mol. The zero-order chi connectivity index (χ0) is 13.0. The van der Waals surface area contributed by atoms with Gasteiger partial charge in [-0.25, -0.2) is 4.39 Å². The van der Waals surface area contributed by atoms with Crippen LogP contribution in [0.4, 0.5) is 10.1 Å². The van der Waals surface area contributed by atoms with E-state index in [1.165, 1.54) is 12.5 Å². The summed E-state index contributed by atoms with van der Waals surface area (Å²) in [6.07, 6.45) is 4.45. The monoisotopic (exact) mass is 252 g/mol. The maximum absolute atomic E-state index is 13.8. The molecule has 1 fully saturated rings. The minimum atomic E-state index is -0.254. The first-order chi connectivity index (χ1) is 8.70. The zero-order valence-corrected chi connectivity index (χ0v) is 10.6. The molecule has 18 heavy (non-hydrogen) atoms. The largest absolute Gasteiger partial charge is 0.399 e. The van der Waals surface area contributed by atoms with E-state index in [1.807, 2.05) is 0 Å². The van der Waals surface area contributed by atoms with Gasteiger partial charge in [-0.3, -0.25) is 4.90 Å². The highest BCUT2D eigenvalue weighted by Crippen LogP contribution is 2.21. The van der Waals surface area contributed by atoms with Crippen molar-refractivity contribution < 1.29 is 9.50 Å². The summed E-state index contributed by atoms with van der Waals surface area (Å²) in [5, 5.41) is 9.42. The van der Waals surface area contributed by atoms with Crippen molar-refractivity contribution in [3.8, 4) is 0 Å². The number of benzene rings is 1. The molecule has 0 saturated carbocycles. The molecule has 1 heterocycles. The van der Waals surface area contributed by atoms with E-state index in [2.05, 4.69) is 4.90 Å². The Kier molecular flexibility index (Phi) is 4.55. The number of nitrogens with two attached hydrogens (primary N) is 1. The maximum atomic E-state index is 13.8. The van der Waals surface area contributed by atoms with Gasteiger partial charge in [0.1, 0.15) is 5.82 Å². The molecule has 0 spiro atoms. The van der Waals surface area contributed by atoms with Gasteiger partial charge < -0.3 is 10.8 Å². The molecule has 2 rings (SSSR count). The molecule has 3 nitrogen and oxygen atoms in total. The Labute approximate surface area is 107 Å². The molecule has 3 N–H and O–H groups in total. The maximum Gasteiger partial charge on any atom is 0.129 e. The van der Waals surface area contributed by atoms with Crippen molar-refractivity contribution in [1.82, 2.24) is 4.90 Å². The number of aliphatic hydroxyl groups is 1. The van der Waals surface area contributed by atoms with E-state index in [-0.39, 0.29) is 18.5 Å². The van der Waals surface area contributed by atoms with Crippen LogP contribution in [0.25, 0.3) is 0 Å². The predicted octanol–water partition coefficient (Wildman–Crippen LogP) is 2.14. The Morgan fingerprint density at radius 3 is 2.89 bits per heavy atom. The SMILES string of the molecule is Nc1ccc(CN2CCCCCC2CO)c(F)c1. The van der Waals surface area contributed by atoms with E-state index in [0.717, 1.165) is 25.8 Å². The minimum Gasteiger partial charge on any atom is -0.399 e. The highest BCUT2D eigenvalue weighted by Gasteiger charge is 2.21. The molecule has 1 unspecified atom stereocenters. The molecule has 0 bridgehead atoms. The molecule has 0 aliphatic carbocycles. The van der Waals surface area contributed by atoms with Crippen LogP contribution in [-0.2, 0) is 6.54 Å². The number of rotatable bonds is 3. The second-order valence-corrected chi connectivity index (χ2v) is 5.01. The van der Waals surface area contributed by atoms with Crippen LogP contribution in [0, 0.1) is 5.82 Å². The Morgan fingerprint density at radius 2 is 2.17 bits per heavy atom. The number of hydrogen-bond donors (Lipinski definition) is 2. The third kappa shape index (κ3) is 3.21. The first-order valence-electron chi connectivity index (χ1n) is 6.59. The lowest BCUT2D eigenvalue weighted by Gasteiger charge is -2.28. The number of halogens is 1. The molecule has 1 aliphatic heterocycles. The van der Waals surface area contributed by atoms with Crippen LogP contribution in [0.15, 0.2) is 18.2 Å². The standard InChI is InChI=1S/C14H21FN2O/c15-14-8-12(16)6-5-11(14)9-17-7-3-1-2-4-13(17)10-18/h5-6,8,13,18H,1-4,7,9-10,16H2. The third-order valence-electron chi connectivity index (χ3n) is 3.66. The fraction of sp³-hybridized carbons (Fsp3) is 0.571. The number of anilines is 1. The highest BCUT2D eigenvalue weighted by atomic mass is 19.1. The molecule has 0 radical (unpaired) electrons. The first-order valence-corrected chi connectivity index (χ1v) is 6.59. The summed E-state index contributed by atoms with van der Waals surface area (Å²) in [7, 11) is 0. The molecule has 1 aromatic carbocycles. The molecule has 1 aliphatic rings. The second kappa shape index (κ2) is 6.16. The van der Waals surface area contributed by atoms with Gasteiger partial charge in [-0.2, -0.15) is 0 Å². The van der Waals surface area contributed by atoms with Gasteiger partial charge in [-0.05, 0) is 31.5 Å².